The minimum absolute atomic E-state index is 0.234. The minimum atomic E-state index is 0.234. The summed E-state index contributed by atoms with van der Waals surface area (Å²) in [5.41, 5.74) is 0.855. The Morgan fingerprint density at radius 1 is 1.06 bits per heavy atom. The molecule has 0 aliphatic rings. The van der Waals surface area contributed by atoms with E-state index in [2.05, 4.69) is 11.8 Å². The van der Waals surface area contributed by atoms with Crippen LogP contribution < -0.4 is 0 Å². The maximum atomic E-state index is 9.36. The number of aromatic hydroxyl groups is 1. The van der Waals surface area contributed by atoms with Crippen LogP contribution in [0, 0.1) is 23.2 Å². The second-order valence-corrected chi connectivity index (χ2v) is 3.38. The molecule has 2 aromatic rings. The van der Waals surface area contributed by atoms with Crippen molar-refractivity contribution in [3.8, 4) is 23.7 Å². The fourth-order valence-corrected chi connectivity index (χ4v) is 1.50. The number of hydrogen-bond acceptors (Lipinski definition) is 2. The van der Waals surface area contributed by atoms with Crippen LogP contribution in [0.15, 0.2) is 36.4 Å². The van der Waals surface area contributed by atoms with E-state index in [9.17, 15) is 5.11 Å². The number of benzene rings is 2. The fourth-order valence-electron chi connectivity index (χ4n) is 1.50. The molecule has 0 heterocycles. The third-order valence-corrected chi connectivity index (χ3v) is 2.22. The van der Waals surface area contributed by atoms with Gasteiger partial charge in [-0.2, -0.15) is 5.26 Å². The summed E-state index contributed by atoms with van der Waals surface area (Å²) < 4.78 is 0. The third kappa shape index (κ3) is 2.13. The Morgan fingerprint density at radius 2 is 1.88 bits per heavy atom. The van der Waals surface area contributed by atoms with Crippen molar-refractivity contribution in [3.05, 3.63) is 42.0 Å². The van der Waals surface area contributed by atoms with Crippen molar-refractivity contribution in [3.63, 3.8) is 0 Å². The first-order chi connectivity index (χ1) is 7.79. The summed E-state index contributed by atoms with van der Waals surface area (Å²) in [4.78, 5) is 0. The molecule has 0 radical (unpaired) electrons. The maximum Gasteiger partial charge on any atom is 0.116 e. The molecule has 0 amide bonds. The van der Waals surface area contributed by atoms with Gasteiger partial charge in [0.05, 0.1) is 12.5 Å². The number of nitrogens with zero attached hydrogens (tertiary/aromatic N) is 1. The first-order valence-corrected chi connectivity index (χ1v) is 4.88. The van der Waals surface area contributed by atoms with Gasteiger partial charge in [-0.1, -0.05) is 24.0 Å². The van der Waals surface area contributed by atoms with E-state index in [1.165, 1.54) is 0 Å². The first kappa shape index (κ1) is 10.1. The molecule has 0 aromatic heterocycles. The average molecular weight is 207 g/mol. The number of phenols is 1. The van der Waals surface area contributed by atoms with Crippen molar-refractivity contribution < 1.29 is 5.11 Å². The van der Waals surface area contributed by atoms with Gasteiger partial charge in [0.15, 0.2) is 0 Å². The third-order valence-electron chi connectivity index (χ3n) is 2.22. The van der Waals surface area contributed by atoms with Crippen molar-refractivity contribution >= 4 is 10.8 Å². The van der Waals surface area contributed by atoms with Gasteiger partial charge in [-0.25, -0.2) is 0 Å². The van der Waals surface area contributed by atoms with Crippen LogP contribution in [0.2, 0.25) is 0 Å². The van der Waals surface area contributed by atoms with E-state index < -0.39 is 0 Å². The lowest BCUT2D eigenvalue weighted by Gasteiger charge is -1.99. The number of rotatable bonds is 0. The molecule has 2 aromatic carbocycles. The largest absolute Gasteiger partial charge is 0.508 e. The molecule has 0 aliphatic carbocycles. The molecular formula is C14H9NO. The quantitative estimate of drug-likeness (QED) is 0.675. The molecule has 0 saturated carbocycles. The van der Waals surface area contributed by atoms with Crippen LogP contribution in [-0.4, -0.2) is 5.11 Å². The Balaban J connectivity index is 2.45. The van der Waals surface area contributed by atoms with Crippen molar-refractivity contribution in [2.75, 3.05) is 0 Å². The molecule has 0 aliphatic heterocycles. The van der Waals surface area contributed by atoms with Crippen molar-refractivity contribution in [2.24, 2.45) is 0 Å². The van der Waals surface area contributed by atoms with Crippen LogP contribution >= 0.6 is 0 Å². The summed E-state index contributed by atoms with van der Waals surface area (Å²) in [6.07, 6.45) is 0.234. The first-order valence-electron chi connectivity index (χ1n) is 4.88. The predicted molar refractivity (Wildman–Crippen MR) is 62.7 cm³/mol. The summed E-state index contributed by atoms with van der Waals surface area (Å²) >= 11 is 0. The summed E-state index contributed by atoms with van der Waals surface area (Å²) in [5, 5.41) is 19.7. The molecule has 2 rings (SSSR count). The number of phenolic OH excluding ortho intramolecular Hbond substituents is 1. The minimum Gasteiger partial charge on any atom is -0.508 e. The standard InChI is InChI=1S/C14H9NO/c15-8-2-1-3-11-4-5-12-6-7-14(16)10-13(12)9-11/h4-7,9-10,16H,2H2. The summed E-state index contributed by atoms with van der Waals surface area (Å²) in [6.45, 7) is 0. The van der Waals surface area contributed by atoms with E-state index in [0.717, 1.165) is 16.3 Å². The van der Waals surface area contributed by atoms with Gasteiger partial charge in [0.25, 0.3) is 0 Å². The molecule has 0 spiro atoms. The Labute approximate surface area is 93.8 Å². The van der Waals surface area contributed by atoms with E-state index in [4.69, 9.17) is 5.26 Å². The zero-order valence-electron chi connectivity index (χ0n) is 8.57. The van der Waals surface area contributed by atoms with E-state index in [1.54, 1.807) is 12.1 Å². The zero-order valence-corrected chi connectivity index (χ0v) is 8.57. The lowest BCUT2D eigenvalue weighted by atomic mass is 10.1. The Hall–Kier alpha value is -2.45. The van der Waals surface area contributed by atoms with Gasteiger partial charge in [-0.15, -0.1) is 0 Å². The van der Waals surface area contributed by atoms with Gasteiger partial charge in [-0.3, -0.25) is 0 Å². The molecule has 2 heteroatoms. The van der Waals surface area contributed by atoms with E-state index in [-0.39, 0.29) is 12.2 Å². The highest BCUT2D eigenvalue weighted by Gasteiger charge is 1.95. The van der Waals surface area contributed by atoms with Crippen molar-refractivity contribution in [1.82, 2.24) is 0 Å². The smallest absolute Gasteiger partial charge is 0.116 e. The van der Waals surface area contributed by atoms with Gasteiger partial charge >= 0.3 is 0 Å². The normalized spacial score (nSPS) is 9.19. The molecule has 0 bridgehead atoms. The van der Waals surface area contributed by atoms with Gasteiger partial charge in [0.2, 0.25) is 0 Å². The van der Waals surface area contributed by atoms with E-state index in [0.29, 0.717) is 0 Å². The lowest BCUT2D eigenvalue weighted by Crippen LogP contribution is -1.77. The van der Waals surface area contributed by atoms with Crippen molar-refractivity contribution in [2.45, 2.75) is 6.42 Å². The highest BCUT2D eigenvalue weighted by atomic mass is 16.3. The van der Waals surface area contributed by atoms with Crippen LogP contribution in [0.25, 0.3) is 10.8 Å². The second-order valence-electron chi connectivity index (χ2n) is 3.38. The van der Waals surface area contributed by atoms with Crippen LogP contribution in [0.5, 0.6) is 5.75 Å². The topological polar surface area (TPSA) is 44.0 Å². The van der Waals surface area contributed by atoms with Crippen LogP contribution in [-0.2, 0) is 0 Å². The SMILES string of the molecule is N#CCC#Cc1ccc2ccc(O)cc2c1. The van der Waals surface area contributed by atoms with Gasteiger partial charge in [0.1, 0.15) is 5.75 Å². The van der Waals surface area contributed by atoms with Crippen LogP contribution in [0.4, 0.5) is 0 Å². The number of nitriles is 1. The van der Waals surface area contributed by atoms with E-state index >= 15 is 0 Å². The van der Waals surface area contributed by atoms with Crippen LogP contribution in [0.3, 0.4) is 0 Å². The molecule has 16 heavy (non-hydrogen) atoms. The van der Waals surface area contributed by atoms with E-state index in [1.807, 2.05) is 30.3 Å². The van der Waals surface area contributed by atoms with Gasteiger partial charge in [-0.05, 0) is 35.0 Å². The molecule has 76 valence electrons. The summed E-state index contributed by atoms with van der Waals surface area (Å²) in [6, 6.07) is 12.9. The Kier molecular flexibility index (Phi) is 2.76. The maximum absolute atomic E-state index is 9.36. The Bertz CT molecular complexity index is 626. The molecule has 0 unspecified atom stereocenters. The zero-order chi connectivity index (χ0) is 11.4. The molecule has 0 saturated heterocycles. The molecule has 1 N–H and O–H groups in total. The lowest BCUT2D eigenvalue weighted by molar-refractivity contribution is 0.476. The molecule has 2 nitrogen and oxygen atoms in total. The van der Waals surface area contributed by atoms with Gasteiger partial charge < -0.3 is 5.11 Å². The monoisotopic (exact) mass is 207 g/mol. The molecule has 0 fully saturated rings. The fraction of sp³-hybridized carbons (Fsp3) is 0.0714. The summed E-state index contributed by atoms with van der Waals surface area (Å²) in [5.74, 6) is 5.91. The second kappa shape index (κ2) is 4.38. The number of hydrogen-bond donors (Lipinski definition) is 1. The summed E-state index contributed by atoms with van der Waals surface area (Å²) in [7, 11) is 0. The van der Waals surface area contributed by atoms with Gasteiger partial charge in [0, 0.05) is 5.56 Å². The molecular weight excluding hydrogens is 198 g/mol. The highest BCUT2D eigenvalue weighted by Crippen LogP contribution is 2.20. The Morgan fingerprint density at radius 3 is 2.69 bits per heavy atom. The average Bonchev–Trinajstić information content (AvgIpc) is 2.29. The predicted octanol–water partition coefficient (Wildman–Crippen LogP) is 2.81. The molecule has 0 atom stereocenters. The highest BCUT2D eigenvalue weighted by molar-refractivity contribution is 5.85. The number of fused-ring (bicyclic) bond motifs is 1. The van der Waals surface area contributed by atoms with Crippen molar-refractivity contribution in [1.29, 1.82) is 5.26 Å². The van der Waals surface area contributed by atoms with Crippen LogP contribution in [0.1, 0.15) is 12.0 Å².